The summed E-state index contributed by atoms with van der Waals surface area (Å²) in [6, 6.07) is 15.3. The molecule has 0 saturated heterocycles. The van der Waals surface area contributed by atoms with Gasteiger partial charge in [-0.05, 0) is 56.3 Å². The van der Waals surface area contributed by atoms with Gasteiger partial charge in [0.1, 0.15) is 29.1 Å². The molecule has 200 valence electrons. The average Bonchev–Trinajstić information content (AvgIpc) is 3.52. The zero-order chi connectivity index (χ0) is 27.7. The molecule has 0 unspecified atom stereocenters. The first-order valence-electron chi connectivity index (χ1n) is 12.1. The predicted molar refractivity (Wildman–Crippen MR) is 149 cm³/mol. The lowest BCUT2D eigenvalue weighted by atomic mass is 9.95. The molecule has 0 N–H and O–H groups in total. The van der Waals surface area contributed by atoms with Crippen LogP contribution >= 0.6 is 22.9 Å². The molecule has 3 heterocycles. The monoisotopic (exact) mass is 564 g/mol. The van der Waals surface area contributed by atoms with Crippen LogP contribution in [0.25, 0.3) is 17.4 Å². The van der Waals surface area contributed by atoms with E-state index >= 15 is 0 Å². The van der Waals surface area contributed by atoms with Crippen molar-refractivity contribution < 1.29 is 23.4 Å². The van der Waals surface area contributed by atoms with Crippen molar-refractivity contribution in [1.29, 1.82) is 0 Å². The first kappa shape index (κ1) is 26.5. The Labute approximate surface area is 233 Å². The van der Waals surface area contributed by atoms with Gasteiger partial charge in [-0.1, -0.05) is 35.1 Å². The zero-order valence-corrected chi connectivity index (χ0v) is 23.3. The third-order valence-electron chi connectivity index (χ3n) is 6.26. The second kappa shape index (κ2) is 11.0. The molecule has 1 aliphatic rings. The molecule has 0 aliphatic carbocycles. The van der Waals surface area contributed by atoms with Gasteiger partial charge in [0.25, 0.3) is 5.56 Å². The number of benzene rings is 2. The highest BCUT2D eigenvalue weighted by Crippen LogP contribution is 2.37. The Balaban J connectivity index is 1.69. The minimum atomic E-state index is -0.842. The van der Waals surface area contributed by atoms with E-state index < -0.39 is 12.0 Å². The van der Waals surface area contributed by atoms with Gasteiger partial charge in [0.05, 0.1) is 36.6 Å². The molecule has 5 rings (SSSR count). The summed E-state index contributed by atoms with van der Waals surface area (Å²) in [5, 5.41) is 0.597. The highest BCUT2D eigenvalue weighted by Gasteiger charge is 2.35. The number of aromatic nitrogens is 1. The van der Waals surface area contributed by atoms with Crippen LogP contribution < -0.4 is 24.4 Å². The third-order valence-corrected chi connectivity index (χ3v) is 7.48. The minimum absolute atomic E-state index is 0.176. The molecule has 0 fully saturated rings. The maximum Gasteiger partial charge on any atom is 0.338 e. The van der Waals surface area contributed by atoms with Crippen LogP contribution in [-0.2, 0) is 9.53 Å². The summed E-state index contributed by atoms with van der Waals surface area (Å²) in [5.74, 6) is 1.60. The third kappa shape index (κ3) is 5.03. The number of esters is 1. The molecule has 0 spiro atoms. The second-order valence-corrected chi connectivity index (χ2v) is 10.1. The van der Waals surface area contributed by atoms with Gasteiger partial charge in [0.15, 0.2) is 4.80 Å². The van der Waals surface area contributed by atoms with Crippen LogP contribution in [0, 0.1) is 0 Å². The molecule has 10 heteroatoms. The number of methoxy groups -OCH3 is 2. The molecule has 2 aromatic heterocycles. The highest BCUT2D eigenvalue weighted by molar-refractivity contribution is 7.07. The van der Waals surface area contributed by atoms with E-state index in [1.54, 1.807) is 63.4 Å². The van der Waals surface area contributed by atoms with Crippen LogP contribution in [0.1, 0.15) is 31.2 Å². The Hall–Kier alpha value is -4.08. The number of hydrogen-bond donors (Lipinski definition) is 0. The number of ether oxygens (including phenoxy) is 3. The number of carbonyl (C=O) groups excluding carboxylic acids is 1. The van der Waals surface area contributed by atoms with Gasteiger partial charge in [-0.3, -0.25) is 9.36 Å². The zero-order valence-electron chi connectivity index (χ0n) is 21.7. The van der Waals surface area contributed by atoms with Gasteiger partial charge in [-0.2, -0.15) is 0 Å². The van der Waals surface area contributed by atoms with E-state index in [0.29, 0.717) is 48.6 Å². The van der Waals surface area contributed by atoms with E-state index in [9.17, 15) is 9.59 Å². The molecule has 8 nitrogen and oxygen atoms in total. The first-order chi connectivity index (χ1) is 18.8. The van der Waals surface area contributed by atoms with Gasteiger partial charge in [0.2, 0.25) is 0 Å². The summed E-state index contributed by atoms with van der Waals surface area (Å²) >= 11 is 7.33. The first-order valence-corrected chi connectivity index (χ1v) is 13.3. The summed E-state index contributed by atoms with van der Waals surface area (Å²) in [6.07, 6.45) is 1.67. The number of nitrogens with zero attached hydrogens (tertiary/aromatic N) is 2. The largest absolute Gasteiger partial charge is 0.497 e. The number of fused-ring (bicyclic) bond motifs is 1. The van der Waals surface area contributed by atoms with Crippen molar-refractivity contribution in [2.45, 2.75) is 19.9 Å². The van der Waals surface area contributed by atoms with E-state index in [-0.39, 0.29) is 17.7 Å². The molecular formula is C29H25ClN2O6S. The van der Waals surface area contributed by atoms with Gasteiger partial charge < -0.3 is 18.6 Å². The van der Waals surface area contributed by atoms with Crippen LogP contribution in [0.4, 0.5) is 0 Å². The Kier molecular flexibility index (Phi) is 7.45. The van der Waals surface area contributed by atoms with Crippen molar-refractivity contribution in [3.8, 4) is 22.8 Å². The minimum Gasteiger partial charge on any atom is -0.497 e. The van der Waals surface area contributed by atoms with Gasteiger partial charge in [-0.15, -0.1) is 0 Å². The fourth-order valence-electron chi connectivity index (χ4n) is 4.50. The lowest BCUT2D eigenvalue weighted by Crippen LogP contribution is -2.40. The van der Waals surface area contributed by atoms with Crippen LogP contribution in [0.3, 0.4) is 0 Å². The Morgan fingerprint density at radius 2 is 1.97 bits per heavy atom. The van der Waals surface area contributed by atoms with Crippen LogP contribution in [-0.4, -0.2) is 31.4 Å². The molecule has 0 amide bonds. The van der Waals surface area contributed by atoms with E-state index in [0.717, 1.165) is 5.56 Å². The van der Waals surface area contributed by atoms with E-state index in [1.165, 1.54) is 23.0 Å². The van der Waals surface area contributed by atoms with E-state index in [4.69, 9.17) is 30.2 Å². The quantitative estimate of drug-likeness (QED) is 0.301. The Bertz CT molecular complexity index is 1780. The smallest absolute Gasteiger partial charge is 0.338 e. The molecule has 1 atom stereocenters. The number of furan rings is 1. The van der Waals surface area contributed by atoms with Crippen molar-refractivity contribution in [2.75, 3.05) is 20.8 Å². The lowest BCUT2D eigenvalue weighted by molar-refractivity contribution is -0.139. The molecule has 4 aromatic rings. The number of rotatable bonds is 7. The van der Waals surface area contributed by atoms with Crippen LogP contribution in [0.5, 0.6) is 11.5 Å². The maximum absolute atomic E-state index is 13.9. The summed E-state index contributed by atoms with van der Waals surface area (Å²) in [7, 11) is 3.08. The van der Waals surface area contributed by atoms with Crippen molar-refractivity contribution in [3.63, 3.8) is 0 Å². The average molecular weight is 565 g/mol. The fourth-order valence-corrected chi connectivity index (χ4v) is 5.71. The SMILES string of the molecule is CCOC(=O)C1=C(C)N=c2s/c(=C\c3ccc(-c4cccc(Cl)c4)o3)c(=O)n2[C@H]1c1cc(OC)ccc1OC. The van der Waals surface area contributed by atoms with E-state index in [1.807, 2.05) is 18.2 Å². The number of hydrogen-bond acceptors (Lipinski definition) is 8. The highest BCUT2D eigenvalue weighted by atomic mass is 35.5. The van der Waals surface area contributed by atoms with Crippen LogP contribution in [0.15, 0.2) is 80.1 Å². The number of allylic oxidation sites excluding steroid dienone is 1. The van der Waals surface area contributed by atoms with Crippen molar-refractivity contribution in [1.82, 2.24) is 4.57 Å². The summed E-state index contributed by atoms with van der Waals surface area (Å²) in [4.78, 5) is 32.1. The van der Waals surface area contributed by atoms with Crippen LogP contribution in [0.2, 0.25) is 5.02 Å². The summed E-state index contributed by atoms with van der Waals surface area (Å²) < 4.78 is 24.3. The normalized spacial score (nSPS) is 15.1. The maximum atomic E-state index is 13.9. The molecule has 0 radical (unpaired) electrons. The van der Waals surface area contributed by atoms with E-state index in [2.05, 4.69) is 4.99 Å². The Morgan fingerprint density at radius 1 is 1.15 bits per heavy atom. The van der Waals surface area contributed by atoms with Crippen molar-refractivity contribution in [3.05, 3.63) is 102 Å². The Morgan fingerprint density at radius 3 is 2.69 bits per heavy atom. The molecule has 2 aromatic carbocycles. The predicted octanol–water partition coefficient (Wildman–Crippen LogP) is 4.73. The molecule has 0 saturated carbocycles. The topological polar surface area (TPSA) is 92.3 Å². The molecule has 39 heavy (non-hydrogen) atoms. The second-order valence-electron chi connectivity index (χ2n) is 8.62. The summed E-state index contributed by atoms with van der Waals surface area (Å²) in [6.45, 7) is 3.63. The van der Waals surface area contributed by atoms with Gasteiger partial charge >= 0.3 is 5.97 Å². The number of halogens is 1. The fraction of sp³-hybridized carbons (Fsp3) is 0.207. The van der Waals surface area contributed by atoms with Gasteiger partial charge in [0, 0.05) is 22.2 Å². The van der Waals surface area contributed by atoms with Gasteiger partial charge in [-0.25, -0.2) is 9.79 Å². The standard InChI is InChI=1S/C29H25ClN2O6S/c1-5-37-28(34)25-16(2)31-29-32(26(25)21-14-19(35-3)9-12-23(21)36-4)27(33)24(39-29)15-20-10-11-22(38-20)17-7-6-8-18(30)13-17/h6-15,26H,5H2,1-4H3/b24-15-/t26-/m0/s1. The van der Waals surface area contributed by atoms with Crippen molar-refractivity contribution >= 4 is 35.0 Å². The molecular weight excluding hydrogens is 540 g/mol. The lowest BCUT2D eigenvalue weighted by Gasteiger charge is -2.26. The van der Waals surface area contributed by atoms with Crippen molar-refractivity contribution in [2.24, 2.45) is 4.99 Å². The number of carbonyl (C=O) groups is 1. The number of thiazole rings is 1. The molecule has 0 bridgehead atoms. The summed E-state index contributed by atoms with van der Waals surface area (Å²) in [5.41, 5.74) is 1.77. The molecule has 1 aliphatic heterocycles.